The van der Waals surface area contributed by atoms with Crippen LogP contribution in [-0.4, -0.2) is 37.7 Å². The maximum atomic E-state index is 5.66. The molecule has 0 spiro atoms. The van der Waals surface area contributed by atoms with Crippen LogP contribution in [0.4, 0.5) is 0 Å². The van der Waals surface area contributed by atoms with Gasteiger partial charge in [0.15, 0.2) is 0 Å². The Kier molecular flexibility index (Phi) is 6.07. The van der Waals surface area contributed by atoms with Crippen molar-refractivity contribution in [3.63, 3.8) is 0 Å². The summed E-state index contributed by atoms with van der Waals surface area (Å²) in [7, 11) is 2.05. The van der Waals surface area contributed by atoms with Crippen LogP contribution in [0.25, 0.3) is 0 Å². The van der Waals surface area contributed by atoms with Crippen LogP contribution in [0.3, 0.4) is 0 Å². The van der Waals surface area contributed by atoms with E-state index in [2.05, 4.69) is 62.3 Å². The highest BCUT2D eigenvalue weighted by Gasteiger charge is 2.27. The molecule has 1 N–H and O–H groups in total. The highest BCUT2D eigenvalue weighted by atomic mass is 16.5. The van der Waals surface area contributed by atoms with Gasteiger partial charge in [0.25, 0.3) is 0 Å². The fourth-order valence-corrected chi connectivity index (χ4v) is 3.25. The van der Waals surface area contributed by atoms with Gasteiger partial charge in [0.05, 0.1) is 6.61 Å². The van der Waals surface area contributed by atoms with Crippen LogP contribution in [0.5, 0.6) is 5.75 Å². The zero-order valence-electron chi connectivity index (χ0n) is 13.9. The van der Waals surface area contributed by atoms with Crippen LogP contribution < -0.4 is 10.1 Å². The lowest BCUT2D eigenvalue weighted by molar-refractivity contribution is 0.238. The van der Waals surface area contributed by atoms with Gasteiger partial charge in [-0.2, -0.15) is 0 Å². The first-order valence-electron chi connectivity index (χ1n) is 8.28. The van der Waals surface area contributed by atoms with Gasteiger partial charge in [-0.25, -0.2) is 0 Å². The van der Waals surface area contributed by atoms with E-state index in [4.69, 9.17) is 4.74 Å². The Hall–Kier alpha value is -1.06. The molecule has 3 nitrogen and oxygen atoms in total. The highest BCUT2D eigenvalue weighted by molar-refractivity contribution is 5.29. The van der Waals surface area contributed by atoms with Gasteiger partial charge in [0.1, 0.15) is 5.75 Å². The van der Waals surface area contributed by atoms with Gasteiger partial charge >= 0.3 is 0 Å². The summed E-state index contributed by atoms with van der Waals surface area (Å²) in [5.41, 5.74) is 1.34. The normalized spacial score (nSPS) is 24.2. The Balaban J connectivity index is 1.97. The molecule has 2 rings (SSSR count). The molecular formula is C18H30N2O. The Morgan fingerprint density at radius 3 is 2.52 bits per heavy atom. The summed E-state index contributed by atoms with van der Waals surface area (Å²) in [6.07, 6.45) is 2.37. The molecule has 1 fully saturated rings. The first-order chi connectivity index (χ1) is 10.1. The molecule has 3 atom stereocenters. The maximum Gasteiger partial charge on any atom is 0.119 e. The molecule has 1 aliphatic rings. The van der Waals surface area contributed by atoms with E-state index < -0.39 is 0 Å². The number of rotatable bonds is 7. The largest absolute Gasteiger partial charge is 0.494 e. The molecule has 0 aliphatic carbocycles. The number of nitrogens with zero attached hydrogens (tertiary/aromatic N) is 1. The number of hydrogen-bond acceptors (Lipinski definition) is 3. The Morgan fingerprint density at radius 1 is 1.29 bits per heavy atom. The number of nitrogens with one attached hydrogen (secondary N) is 1. The van der Waals surface area contributed by atoms with E-state index >= 15 is 0 Å². The fourth-order valence-electron chi connectivity index (χ4n) is 3.25. The molecule has 3 unspecified atom stereocenters. The summed E-state index contributed by atoms with van der Waals surface area (Å²) in [6.45, 7) is 9.92. The van der Waals surface area contributed by atoms with E-state index in [-0.39, 0.29) is 0 Å². The molecule has 0 amide bonds. The van der Waals surface area contributed by atoms with Crippen molar-refractivity contribution in [3.05, 3.63) is 29.8 Å². The van der Waals surface area contributed by atoms with Gasteiger partial charge in [-0.1, -0.05) is 26.0 Å². The minimum Gasteiger partial charge on any atom is -0.494 e. The molecule has 0 saturated carbocycles. The van der Waals surface area contributed by atoms with Gasteiger partial charge in [0.2, 0.25) is 0 Å². The summed E-state index contributed by atoms with van der Waals surface area (Å²) in [6, 6.07) is 9.64. The lowest BCUT2D eigenvalue weighted by atomic mass is 10.1. The van der Waals surface area contributed by atoms with Gasteiger partial charge < -0.3 is 10.1 Å². The molecule has 118 valence electrons. The van der Waals surface area contributed by atoms with Gasteiger partial charge in [-0.05, 0) is 50.4 Å². The average molecular weight is 290 g/mol. The lowest BCUT2D eigenvalue weighted by Crippen LogP contribution is -2.36. The smallest absolute Gasteiger partial charge is 0.119 e. The van der Waals surface area contributed by atoms with Gasteiger partial charge in [-0.3, -0.25) is 4.90 Å². The second-order valence-electron chi connectivity index (χ2n) is 6.40. The van der Waals surface area contributed by atoms with Crippen molar-refractivity contribution in [1.82, 2.24) is 10.2 Å². The highest BCUT2D eigenvalue weighted by Crippen LogP contribution is 2.26. The second-order valence-corrected chi connectivity index (χ2v) is 6.40. The molecule has 0 aromatic heterocycles. The topological polar surface area (TPSA) is 24.5 Å². The number of benzene rings is 1. The van der Waals surface area contributed by atoms with Crippen molar-refractivity contribution >= 4 is 0 Å². The lowest BCUT2D eigenvalue weighted by Gasteiger charge is -2.27. The Morgan fingerprint density at radius 2 is 2.00 bits per heavy atom. The third-order valence-corrected chi connectivity index (χ3v) is 4.43. The maximum absolute atomic E-state index is 5.66. The quantitative estimate of drug-likeness (QED) is 0.832. The summed E-state index contributed by atoms with van der Waals surface area (Å²) >= 11 is 0. The number of likely N-dealkylation sites (tertiary alicyclic amines) is 1. The minimum atomic E-state index is 0.387. The first kappa shape index (κ1) is 16.3. The van der Waals surface area contributed by atoms with E-state index in [1.807, 2.05) is 0 Å². The molecule has 1 aromatic carbocycles. The number of ether oxygens (including phenoxy) is 1. The summed E-state index contributed by atoms with van der Waals surface area (Å²) in [4.78, 5) is 2.60. The van der Waals surface area contributed by atoms with Crippen molar-refractivity contribution in [2.45, 2.75) is 45.7 Å². The Bertz CT molecular complexity index is 418. The number of hydrogen-bond donors (Lipinski definition) is 1. The average Bonchev–Trinajstić information content (AvgIpc) is 2.81. The van der Waals surface area contributed by atoms with Crippen LogP contribution in [0, 0.1) is 5.92 Å². The Labute approximate surface area is 129 Å². The zero-order valence-corrected chi connectivity index (χ0v) is 13.9. The fraction of sp³-hybridized carbons (Fsp3) is 0.667. The summed E-state index contributed by atoms with van der Waals surface area (Å²) in [5, 5.41) is 3.46. The predicted molar refractivity (Wildman–Crippen MR) is 88.8 cm³/mol. The van der Waals surface area contributed by atoms with Crippen molar-refractivity contribution in [3.8, 4) is 5.75 Å². The molecule has 21 heavy (non-hydrogen) atoms. The van der Waals surface area contributed by atoms with E-state index in [0.29, 0.717) is 12.1 Å². The van der Waals surface area contributed by atoms with Crippen LogP contribution in [0.2, 0.25) is 0 Å². The monoisotopic (exact) mass is 290 g/mol. The predicted octanol–water partition coefficient (Wildman–Crippen LogP) is 3.47. The minimum absolute atomic E-state index is 0.387. The van der Waals surface area contributed by atoms with E-state index in [0.717, 1.165) is 31.2 Å². The zero-order chi connectivity index (χ0) is 15.2. The van der Waals surface area contributed by atoms with Crippen molar-refractivity contribution in [2.75, 3.05) is 26.7 Å². The standard InChI is InChI=1S/C18H30N2O/c1-5-10-21-17-8-6-16(7-9-17)18(19-4)13-20-12-14(2)11-15(20)3/h6-9,14-15,18-19H,5,10-13H2,1-4H3. The van der Waals surface area contributed by atoms with Crippen LogP contribution >= 0.6 is 0 Å². The van der Waals surface area contributed by atoms with Crippen LogP contribution in [-0.2, 0) is 0 Å². The third-order valence-electron chi connectivity index (χ3n) is 4.43. The molecule has 0 radical (unpaired) electrons. The summed E-state index contributed by atoms with van der Waals surface area (Å²) < 4.78 is 5.66. The molecular weight excluding hydrogens is 260 g/mol. The van der Waals surface area contributed by atoms with Crippen molar-refractivity contribution in [1.29, 1.82) is 0 Å². The van der Waals surface area contributed by atoms with E-state index in [1.54, 1.807) is 0 Å². The van der Waals surface area contributed by atoms with Gasteiger partial charge in [-0.15, -0.1) is 0 Å². The van der Waals surface area contributed by atoms with Crippen LogP contribution in [0.15, 0.2) is 24.3 Å². The molecule has 1 heterocycles. The molecule has 3 heteroatoms. The van der Waals surface area contributed by atoms with E-state index in [1.165, 1.54) is 18.5 Å². The molecule has 1 aliphatic heterocycles. The van der Waals surface area contributed by atoms with Crippen molar-refractivity contribution < 1.29 is 4.74 Å². The van der Waals surface area contributed by atoms with Crippen molar-refractivity contribution in [2.24, 2.45) is 5.92 Å². The second kappa shape index (κ2) is 7.81. The third kappa shape index (κ3) is 4.45. The molecule has 0 bridgehead atoms. The van der Waals surface area contributed by atoms with Gasteiger partial charge in [0, 0.05) is 25.2 Å². The summed E-state index contributed by atoms with van der Waals surface area (Å²) in [5.74, 6) is 1.79. The SMILES string of the molecule is CCCOc1ccc(C(CN2CC(C)CC2C)NC)cc1. The first-order valence-corrected chi connectivity index (χ1v) is 8.28. The van der Waals surface area contributed by atoms with Crippen LogP contribution in [0.1, 0.15) is 45.2 Å². The molecule has 1 aromatic rings. The van der Waals surface area contributed by atoms with E-state index in [9.17, 15) is 0 Å². The number of likely N-dealkylation sites (N-methyl/N-ethyl adjacent to an activating group) is 1. The molecule has 1 saturated heterocycles.